The van der Waals surface area contributed by atoms with Gasteiger partial charge in [-0.05, 0) is 44.4 Å². The summed E-state index contributed by atoms with van der Waals surface area (Å²) in [6, 6.07) is 6.26. The first-order valence-corrected chi connectivity index (χ1v) is 9.78. The van der Waals surface area contributed by atoms with Crippen LogP contribution in [0.5, 0.6) is 11.5 Å². The highest BCUT2D eigenvalue weighted by molar-refractivity contribution is 5.80. The molecular weight excluding hydrogens is 346 g/mol. The number of ether oxygens (including phenoxy) is 2. The van der Waals surface area contributed by atoms with Gasteiger partial charge in [-0.15, -0.1) is 0 Å². The molecule has 2 saturated heterocycles. The molecule has 1 N–H and O–H groups in total. The fraction of sp³-hybridized carbons (Fsp3) is 0.600. The molecule has 3 heterocycles. The second-order valence-corrected chi connectivity index (χ2v) is 7.73. The summed E-state index contributed by atoms with van der Waals surface area (Å²) < 4.78 is 11.1. The van der Waals surface area contributed by atoms with E-state index in [0.29, 0.717) is 39.1 Å². The fourth-order valence-corrected chi connectivity index (χ4v) is 4.29. The van der Waals surface area contributed by atoms with E-state index in [4.69, 9.17) is 9.47 Å². The number of hydrogen-bond donors (Lipinski definition) is 1. The highest BCUT2D eigenvalue weighted by Crippen LogP contribution is 2.31. The van der Waals surface area contributed by atoms with Crippen molar-refractivity contribution in [3.63, 3.8) is 0 Å². The smallest absolute Gasteiger partial charge is 0.318 e. The van der Waals surface area contributed by atoms with Gasteiger partial charge in [0.2, 0.25) is 5.91 Å². The first-order valence-electron chi connectivity index (χ1n) is 9.78. The monoisotopic (exact) mass is 373 g/mol. The molecule has 27 heavy (non-hydrogen) atoms. The molecule has 146 valence electrons. The van der Waals surface area contributed by atoms with Crippen molar-refractivity contribution in [1.82, 2.24) is 15.1 Å². The van der Waals surface area contributed by atoms with Crippen LogP contribution in [0.25, 0.3) is 0 Å². The molecule has 1 aromatic rings. The van der Waals surface area contributed by atoms with E-state index < -0.39 is 0 Å². The molecule has 3 amide bonds. The lowest BCUT2D eigenvalue weighted by Crippen LogP contribution is -2.53. The Balaban J connectivity index is 1.33. The zero-order valence-electron chi connectivity index (χ0n) is 15.9. The Labute approximate surface area is 159 Å². The van der Waals surface area contributed by atoms with Crippen molar-refractivity contribution in [3.8, 4) is 11.5 Å². The Morgan fingerprint density at radius 3 is 2.81 bits per heavy atom. The number of hydrogen-bond acceptors (Lipinski definition) is 4. The third-order valence-electron chi connectivity index (χ3n) is 5.62. The summed E-state index contributed by atoms with van der Waals surface area (Å²) in [6.07, 6.45) is 1.96. The molecule has 4 rings (SSSR count). The van der Waals surface area contributed by atoms with Crippen LogP contribution >= 0.6 is 0 Å². The lowest BCUT2D eigenvalue weighted by molar-refractivity contribution is -0.132. The predicted molar refractivity (Wildman–Crippen MR) is 100 cm³/mol. The number of urea groups is 1. The molecule has 3 aliphatic rings. The summed E-state index contributed by atoms with van der Waals surface area (Å²) in [5.74, 6) is 1.67. The Morgan fingerprint density at radius 2 is 2.04 bits per heavy atom. The summed E-state index contributed by atoms with van der Waals surface area (Å²) >= 11 is 0. The molecule has 3 aliphatic heterocycles. The average molecular weight is 373 g/mol. The zero-order chi connectivity index (χ0) is 19.0. The number of fused-ring (bicyclic) bond motifs is 2. The Bertz CT molecular complexity index is 736. The van der Waals surface area contributed by atoms with Gasteiger partial charge in [0.1, 0.15) is 13.2 Å². The van der Waals surface area contributed by atoms with Crippen LogP contribution in [0, 0.1) is 0 Å². The van der Waals surface area contributed by atoms with Gasteiger partial charge < -0.3 is 24.6 Å². The minimum Gasteiger partial charge on any atom is -0.486 e. The summed E-state index contributed by atoms with van der Waals surface area (Å²) in [5, 5.41) is 3.04. The van der Waals surface area contributed by atoms with Gasteiger partial charge >= 0.3 is 6.03 Å². The molecule has 2 atom stereocenters. The molecule has 0 saturated carbocycles. The van der Waals surface area contributed by atoms with Crippen LogP contribution in [0.4, 0.5) is 4.79 Å². The number of amides is 3. The minimum atomic E-state index is -0.00872. The van der Waals surface area contributed by atoms with Crippen LogP contribution in [-0.4, -0.2) is 66.2 Å². The SMILES string of the molecule is CC(C)N1C(=O)N[C@@H]2CN(C(=O)CCc3ccc4c(c3)OCCO4)CC[C@@H]21. The highest BCUT2D eigenvalue weighted by Gasteiger charge is 2.44. The molecule has 0 bridgehead atoms. The molecule has 7 nitrogen and oxygen atoms in total. The quantitative estimate of drug-likeness (QED) is 0.874. The summed E-state index contributed by atoms with van der Waals surface area (Å²) in [6.45, 7) is 6.51. The number of rotatable bonds is 4. The lowest BCUT2D eigenvalue weighted by Gasteiger charge is -2.38. The second-order valence-electron chi connectivity index (χ2n) is 7.73. The average Bonchev–Trinajstić information content (AvgIpc) is 3.00. The van der Waals surface area contributed by atoms with Gasteiger partial charge in [0.25, 0.3) is 0 Å². The maximum Gasteiger partial charge on any atom is 0.318 e. The number of piperidine rings is 1. The Hall–Kier alpha value is -2.44. The van der Waals surface area contributed by atoms with Crippen molar-refractivity contribution in [2.45, 2.75) is 51.2 Å². The van der Waals surface area contributed by atoms with E-state index in [1.165, 1.54) is 0 Å². The van der Waals surface area contributed by atoms with Crippen molar-refractivity contribution >= 4 is 11.9 Å². The summed E-state index contributed by atoms with van der Waals surface area (Å²) in [5.41, 5.74) is 1.07. The van der Waals surface area contributed by atoms with Crippen LogP contribution in [-0.2, 0) is 11.2 Å². The maximum atomic E-state index is 12.7. The molecule has 0 spiro atoms. The van der Waals surface area contributed by atoms with Gasteiger partial charge in [-0.25, -0.2) is 4.79 Å². The van der Waals surface area contributed by atoms with Gasteiger partial charge in [0.15, 0.2) is 11.5 Å². The summed E-state index contributed by atoms with van der Waals surface area (Å²) in [4.78, 5) is 28.7. The third kappa shape index (κ3) is 3.55. The van der Waals surface area contributed by atoms with E-state index in [0.717, 1.165) is 23.5 Å². The molecule has 7 heteroatoms. The summed E-state index contributed by atoms with van der Waals surface area (Å²) in [7, 11) is 0. The van der Waals surface area contributed by atoms with Crippen molar-refractivity contribution in [3.05, 3.63) is 23.8 Å². The second kappa shape index (κ2) is 7.29. The van der Waals surface area contributed by atoms with Crippen LogP contribution in [0.2, 0.25) is 0 Å². The zero-order valence-corrected chi connectivity index (χ0v) is 15.9. The largest absolute Gasteiger partial charge is 0.486 e. The minimum absolute atomic E-state index is 0.00872. The molecular formula is C20H27N3O4. The van der Waals surface area contributed by atoms with Crippen LogP contribution < -0.4 is 14.8 Å². The van der Waals surface area contributed by atoms with E-state index in [2.05, 4.69) is 5.32 Å². The molecule has 0 unspecified atom stereocenters. The Kier molecular flexibility index (Phi) is 4.85. The van der Waals surface area contributed by atoms with Gasteiger partial charge in [0.05, 0.1) is 12.1 Å². The van der Waals surface area contributed by atoms with Crippen LogP contribution in [0.1, 0.15) is 32.3 Å². The van der Waals surface area contributed by atoms with Gasteiger partial charge in [-0.1, -0.05) is 6.07 Å². The van der Waals surface area contributed by atoms with Gasteiger partial charge in [-0.2, -0.15) is 0 Å². The number of aryl methyl sites for hydroxylation is 1. The van der Waals surface area contributed by atoms with Crippen molar-refractivity contribution in [1.29, 1.82) is 0 Å². The first-order chi connectivity index (χ1) is 13.0. The maximum absolute atomic E-state index is 12.7. The molecule has 1 aromatic carbocycles. The lowest BCUT2D eigenvalue weighted by atomic mass is 9.98. The number of nitrogens with zero attached hydrogens (tertiary/aromatic N) is 2. The van der Waals surface area contributed by atoms with E-state index in [9.17, 15) is 9.59 Å². The number of benzene rings is 1. The third-order valence-corrected chi connectivity index (χ3v) is 5.62. The van der Waals surface area contributed by atoms with E-state index in [1.807, 2.05) is 41.8 Å². The first kappa shape index (κ1) is 17.9. The predicted octanol–water partition coefficient (Wildman–Crippen LogP) is 1.79. The number of likely N-dealkylation sites (tertiary alicyclic amines) is 1. The van der Waals surface area contributed by atoms with Crippen molar-refractivity contribution in [2.24, 2.45) is 0 Å². The van der Waals surface area contributed by atoms with E-state index in [1.54, 1.807) is 0 Å². The topological polar surface area (TPSA) is 71.1 Å². The van der Waals surface area contributed by atoms with Gasteiger partial charge in [-0.3, -0.25) is 4.79 Å². The van der Waals surface area contributed by atoms with Crippen molar-refractivity contribution in [2.75, 3.05) is 26.3 Å². The van der Waals surface area contributed by atoms with Crippen molar-refractivity contribution < 1.29 is 19.1 Å². The molecule has 0 aliphatic carbocycles. The molecule has 2 fully saturated rings. The number of carbonyl (C=O) groups is 2. The van der Waals surface area contributed by atoms with Crippen LogP contribution in [0.3, 0.4) is 0 Å². The van der Waals surface area contributed by atoms with E-state index >= 15 is 0 Å². The van der Waals surface area contributed by atoms with E-state index in [-0.39, 0.29) is 30.1 Å². The number of nitrogens with one attached hydrogen (secondary N) is 1. The molecule has 0 aromatic heterocycles. The molecule has 0 radical (unpaired) electrons. The Morgan fingerprint density at radius 1 is 1.26 bits per heavy atom. The number of carbonyl (C=O) groups excluding carboxylic acids is 2. The highest BCUT2D eigenvalue weighted by atomic mass is 16.6. The standard InChI is InChI=1S/C20H27N3O4/c1-13(2)23-16-7-8-22(12-15(16)21-20(23)25)19(24)6-4-14-3-5-17-18(11-14)27-10-9-26-17/h3,5,11,13,15-16H,4,6-10,12H2,1-2H3,(H,21,25)/t15-,16+/m1/s1. The van der Waals surface area contributed by atoms with Gasteiger partial charge in [0, 0.05) is 25.6 Å². The normalized spacial score (nSPS) is 24.0. The fourth-order valence-electron chi connectivity index (χ4n) is 4.29. The van der Waals surface area contributed by atoms with Crippen LogP contribution in [0.15, 0.2) is 18.2 Å².